The molecule has 0 unspecified atom stereocenters. The molecule has 0 amide bonds. The highest BCUT2D eigenvalue weighted by Crippen LogP contribution is 2.48. The van der Waals surface area contributed by atoms with E-state index in [-0.39, 0.29) is 5.41 Å². The standard InChI is InChI=1S/C13H20N4O/c1-10-7-15-5-2-11(10)8-16-9-13(3-4-13)6-12(14)17-18/h2,5,7,16,18H,3-4,6,8-9H2,1H3,(H2,14,17). The van der Waals surface area contributed by atoms with Gasteiger partial charge in [0.2, 0.25) is 0 Å². The molecule has 1 fully saturated rings. The number of aryl methyl sites for hydroxylation is 1. The van der Waals surface area contributed by atoms with Gasteiger partial charge in [-0.15, -0.1) is 0 Å². The fourth-order valence-electron chi connectivity index (χ4n) is 2.18. The molecular formula is C13H20N4O. The van der Waals surface area contributed by atoms with Crippen molar-refractivity contribution in [3.63, 3.8) is 0 Å². The Bertz CT molecular complexity index is 440. The number of hydrogen-bond acceptors (Lipinski definition) is 4. The average Bonchev–Trinajstić information content (AvgIpc) is 3.11. The summed E-state index contributed by atoms with van der Waals surface area (Å²) in [6.45, 7) is 3.81. The van der Waals surface area contributed by atoms with Crippen molar-refractivity contribution in [3.8, 4) is 0 Å². The van der Waals surface area contributed by atoms with E-state index in [0.29, 0.717) is 12.3 Å². The molecule has 5 nitrogen and oxygen atoms in total. The first kappa shape index (κ1) is 12.8. The van der Waals surface area contributed by atoms with Crippen molar-refractivity contribution < 1.29 is 5.21 Å². The van der Waals surface area contributed by atoms with Crippen LogP contribution in [0.1, 0.15) is 30.4 Å². The van der Waals surface area contributed by atoms with Crippen molar-refractivity contribution in [1.82, 2.24) is 10.3 Å². The van der Waals surface area contributed by atoms with Gasteiger partial charge >= 0.3 is 0 Å². The lowest BCUT2D eigenvalue weighted by atomic mass is 10.0. The minimum Gasteiger partial charge on any atom is -0.409 e. The Kier molecular flexibility index (Phi) is 3.81. The summed E-state index contributed by atoms with van der Waals surface area (Å²) in [5.74, 6) is 0.328. The van der Waals surface area contributed by atoms with Gasteiger partial charge in [-0.3, -0.25) is 4.98 Å². The molecule has 98 valence electrons. The van der Waals surface area contributed by atoms with Crippen LogP contribution in [0, 0.1) is 12.3 Å². The first-order chi connectivity index (χ1) is 8.65. The van der Waals surface area contributed by atoms with Crippen LogP contribution < -0.4 is 11.1 Å². The van der Waals surface area contributed by atoms with Gasteiger partial charge in [0.05, 0.1) is 0 Å². The first-order valence-corrected chi connectivity index (χ1v) is 6.22. The van der Waals surface area contributed by atoms with E-state index < -0.39 is 0 Å². The molecule has 0 bridgehead atoms. The number of oxime groups is 1. The third-order valence-corrected chi connectivity index (χ3v) is 3.59. The van der Waals surface area contributed by atoms with Gasteiger partial charge in [-0.1, -0.05) is 5.16 Å². The first-order valence-electron chi connectivity index (χ1n) is 6.22. The number of nitrogens with zero attached hydrogens (tertiary/aromatic N) is 2. The van der Waals surface area contributed by atoms with Crippen LogP contribution in [0.25, 0.3) is 0 Å². The maximum atomic E-state index is 8.60. The Morgan fingerprint density at radius 2 is 2.39 bits per heavy atom. The number of rotatable bonds is 6. The Morgan fingerprint density at radius 1 is 1.61 bits per heavy atom. The molecule has 0 aliphatic heterocycles. The fraction of sp³-hybridized carbons (Fsp3) is 0.538. The quantitative estimate of drug-likeness (QED) is 0.307. The van der Waals surface area contributed by atoms with Crippen molar-refractivity contribution in [2.24, 2.45) is 16.3 Å². The fourth-order valence-corrected chi connectivity index (χ4v) is 2.18. The minimum atomic E-state index is 0.206. The number of hydrogen-bond donors (Lipinski definition) is 3. The van der Waals surface area contributed by atoms with Gasteiger partial charge in [-0.05, 0) is 42.4 Å². The normalized spacial score (nSPS) is 17.7. The van der Waals surface area contributed by atoms with Gasteiger partial charge < -0.3 is 16.3 Å². The third kappa shape index (κ3) is 3.20. The van der Waals surface area contributed by atoms with Crippen LogP contribution in [0.15, 0.2) is 23.6 Å². The zero-order chi connectivity index (χ0) is 13.0. The molecule has 0 aromatic carbocycles. The summed E-state index contributed by atoms with van der Waals surface area (Å²) >= 11 is 0. The highest BCUT2D eigenvalue weighted by atomic mass is 16.4. The molecule has 5 heteroatoms. The summed E-state index contributed by atoms with van der Waals surface area (Å²) in [4.78, 5) is 4.08. The molecule has 0 spiro atoms. The lowest BCUT2D eigenvalue weighted by Gasteiger charge is -2.15. The van der Waals surface area contributed by atoms with Gasteiger partial charge in [0, 0.05) is 31.9 Å². The Morgan fingerprint density at radius 3 is 3.00 bits per heavy atom. The molecule has 1 saturated carbocycles. The van der Waals surface area contributed by atoms with E-state index in [9.17, 15) is 0 Å². The lowest BCUT2D eigenvalue weighted by molar-refractivity contribution is 0.314. The molecule has 1 aliphatic rings. The smallest absolute Gasteiger partial charge is 0.139 e. The topological polar surface area (TPSA) is 83.5 Å². The number of amidine groups is 1. The van der Waals surface area contributed by atoms with Gasteiger partial charge in [0.1, 0.15) is 5.84 Å². The molecule has 1 heterocycles. The monoisotopic (exact) mass is 248 g/mol. The number of nitrogens with one attached hydrogen (secondary N) is 1. The Labute approximate surface area is 107 Å². The van der Waals surface area contributed by atoms with Gasteiger partial charge in [-0.25, -0.2) is 0 Å². The molecule has 1 aromatic rings. The van der Waals surface area contributed by atoms with E-state index in [4.69, 9.17) is 10.9 Å². The van der Waals surface area contributed by atoms with E-state index in [1.807, 2.05) is 18.5 Å². The molecule has 1 aliphatic carbocycles. The Balaban J connectivity index is 1.81. The van der Waals surface area contributed by atoms with Crippen LogP contribution >= 0.6 is 0 Å². The number of nitrogens with two attached hydrogens (primary N) is 1. The average molecular weight is 248 g/mol. The van der Waals surface area contributed by atoms with Crippen LogP contribution in [-0.4, -0.2) is 22.6 Å². The summed E-state index contributed by atoms with van der Waals surface area (Å²) in [6, 6.07) is 2.03. The van der Waals surface area contributed by atoms with E-state index in [1.54, 1.807) is 0 Å². The predicted octanol–water partition coefficient (Wildman–Crippen LogP) is 1.40. The second kappa shape index (κ2) is 5.35. The van der Waals surface area contributed by atoms with E-state index in [1.165, 1.54) is 11.1 Å². The molecule has 1 aromatic heterocycles. The minimum absolute atomic E-state index is 0.206. The second-order valence-corrected chi connectivity index (χ2v) is 5.17. The van der Waals surface area contributed by atoms with Gasteiger partial charge in [-0.2, -0.15) is 0 Å². The van der Waals surface area contributed by atoms with Gasteiger partial charge in [0.15, 0.2) is 0 Å². The summed E-state index contributed by atoms with van der Waals surface area (Å²) in [5.41, 5.74) is 8.24. The van der Waals surface area contributed by atoms with Crippen molar-refractivity contribution in [3.05, 3.63) is 29.6 Å². The molecule has 4 N–H and O–H groups in total. The Hall–Kier alpha value is -1.62. The molecular weight excluding hydrogens is 228 g/mol. The largest absolute Gasteiger partial charge is 0.409 e. The SMILES string of the molecule is Cc1cnccc1CNCC1(C/C(N)=N/O)CC1. The van der Waals surface area contributed by atoms with Gasteiger partial charge in [0.25, 0.3) is 0 Å². The van der Waals surface area contributed by atoms with Crippen molar-refractivity contribution in [2.75, 3.05) is 6.54 Å². The van der Waals surface area contributed by atoms with E-state index >= 15 is 0 Å². The summed E-state index contributed by atoms with van der Waals surface area (Å²) in [6.07, 6.45) is 6.65. The predicted molar refractivity (Wildman–Crippen MR) is 70.4 cm³/mol. The second-order valence-electron chi connectivity index (χ2n) is 5.17. The highest BCUT2D eigenvalue weighted by Gasteiger charge is 2.42. The molecule has 0 atom stereocenters. The van der Waals surface area contributed by atoms with Crippen LogP contribution in [0.4, 0.5) is 0 Å². The van der Waals surface area contributed by atoms with E-state index in [2.05, 4.69) is 22.4 Å². The van der Waals surface area contributed by atoms with Crippen molar-refractivity contribution >= 4 is 5.84 Å². The molecule has 2 rings (SSSR count). The number of pyridine rings is 1. The zero-order valence-corrected chi connectivity index (χ0v) is 10.7. The maximum absolute atomic E-state index is 8.60. The van der Waals surface area contributed by atoms with Crippen LogP contribution in [0.3, 0.4) is 0 Å². The van der Waals surface area contributed by atoms with E-state index in [0.717, 1.165) is 25.9 Å². The van der Waals surface area contributed by atoms with Crippen LogP contribution in [0.2, 0.25) is 0 Å². The summed E-state index contributed by atoms with van der Waals surface area (Å²) in [5, 5.41) is 15.1. The lowest BCUT2D eigenvalue weighted by Crippen LogP contribution is -2.28. The third-order valence-electron chi connectivity index (χ3n) is 3.59. The number of aromatic nitrogens is 1. The maximum Gasteiger partial charge on any atom is 0.139 e. The van der Waals surface area contributed by atoms with Crippen LogP contribution in [-0.2, 0) is 6.54 Å². The van der Waals surface area contributed by atoms with Crippen molar-refractivity contribution in [1.29, 1.82) is 0 Å². The highest BCUT2D eigenvalue weighted by molar-refractivity contribution is 5.80. The molecule has 18 heavy (non-hydrogen) atoms. The van der Waals surface area contributed by atoms with Crippen LogP contribution in [0.5, 0.6) is 0 Å². The summed E-state index contributed by atoms with van der Waals surface area (Å²) in [7, 11) is 0. The van der Waals surface area contributed by atoms with Crippen molar-refractivity contribution in [2.45, 2.75) is 32.7 Å². The summed E-state index contributed by atoms with van der Waals surface area (Å²) < 4.78 is 0. The zero-order valence-electron chi connectivity index (χ0n) is 10.7. The molecule has 0 radical (unpaired) electrons. The molecule has 0 saturated heterocycles.